The Morgan fingerprint density at radius 2 is 2.27 bits per heavy atom. The lowest BCUT2D eigenvalue weighted by Crippen LogP contribution is -2.29. The van der Waals surface area contributed by atoms with E-state index in [2.05, 4.69) is 10.3 Å². The Hall–Kier alpha value is -1.37. The van der Waals surface area contributed by atoms with Crippen molar-refractivity contribution in [2.45, 2.75) is 12.2 Å². The molecule has 0 amide bonds. The first-order chi connectivity index (χ1) is 7.06. The van der Waals surface area contributed by atoms with Crippen LogP contribution >= 0.6 is 0 Å². The molecule has 6 nitrogen and oxygen atoms in total. The molecule has 0 fully saturated rings. The quantitative estimate of drug-likeness (QED) is 0.447. The highest BCUT2D eigenvalue weighted by Gasteiger charge is 2.19. The van der Waals surface area contributed by atoms with E-state index in [4.69, 9.17) is 5.11 Å². The van der Waals surface area contributed by atoms with Crippen LogP contribution in [0, 0.1) is 0 Å². The first-order valence-corrected chi connectivity index (χ1v) is 4.48. The van der Waals surface area contributed by atoms with Gasteiger partial charge in [0, 0.05) is 18.3 Å². The Bertz CT molecular complexity index is 337. The molecule has 0 radical (unpaired) electrons. The van der Waals surface area contributed by atoms with Gasteiger partial charge in [-0.1, -0.05) is 0 Å². The maximum Gasteiger partial charge on any atom is 0.352 e. The molecule has 0 saturated carbocycles. The highest BCUT2D eigenvalue weighted by molar-refractivity contribution is 5.85. The van der Waals surface area contributed by atoms with Gasteiger partial charge in [0.25, 0.3) is 0 Å². The molecule has 1 aromatic heterocycles. The molecule has 84 valence electrons. The average Bonchev–Trinajstić information content (AvgIpc) is 2.65. The average molecular weight is 214 g/mol. The zero-order chi connectivity index (χ0) is 11.4. The standard InChI is InChI=1S/C9H14N2O4/c1-10-4-7(12)8(13)5-2-6(9(14)15)11-3-5/h2-3,7-8,10-13H,4H2,1H3,(H,14,15). The van der Waals surface area contributed by atoms with E-state index in [1.807, 2.05) is 0 Å². The smallest absolute Gasteiger partial charge is 0.352 e. The molecule has 0 aliphatic heterocycles. The van der Waals surface area contributed by atoms with E-state index in [1.165, 1.54) is 12.3 Å². The SMILES string of the molecule is CNCC(O)C(O)c1c[nH]c(C(=O)O)c1. The molecule has 6 heteroatoms. The highest BCUT2D eigenvalue weighted by Crippen LogP contribution is 2.17. The summed E-state index contributed by atoms with van der Waals surface area (Å²) in [5.41, 5.74) is 0.343. The number of aliphatic hydroxyl groups excluding tert-OH is 2. The maximum atomic E-state index is 10.5. The van der Waals surface area contributed by atoms with Gasteiger partial charge in [-0.15, -0.1) is 0 Å². The van der Waals surface area contributed by atoms with E-state index < -0.39 is 18.2 Å². The molecule has 2 unspecified atom stereocenters. The van der Waals surface area contributed by atoms with Crippen molar-refractivity contribution in [1.82, 2.24) is 10.3 Å². The first kappa shape index (κ1) is 11.7. The molecule has 0 saturated heterocycles. The summed E-state index contributed by atoms with van der Waals surface area (Å²) in [6.45, 7) is 0.231. The number of carbonyl (C=O) groups is 1. The Kier molecular flexibility index (Phi) is 3.84. The second-order valence-electron chi connectivity index (χ2n) is 3.22. The number of aliphatic hydroxyl groups is 2. The van der Waals surface area contributed by atoms with Gasteiger partial charge in [0.15, 0.2) is 0 Å². The summed E-state index contributed by atoms with van der Waals surface area (Å²) < 4.78 is 0. The minimum Gasteiger partial charge on any atom is -0.477 e. The molecule has 0 aromatic carbocycles. The number of carboxylic acid groups (broad SMARTS) is 1. The van der Waals surface area contributed by atoms with Crippen molar-refractivity contribution in [2.75, 3.05) is 13.6 Å². The first-order valence-electron chi connectivity index (χ1n) is 4.48. The predicted octanol–water partition coefficient (Wildman–Crippen LogP) is -0.673. The lowest BCUT2D eigenvalue weighted by molar-refractivity contribution is 0.0203. The zero-order valence-corrected chi connectivity index (χ0v) is 8.27. The van der Waals surface area contributed by atoms with Crippen molar-refractivity contribution in [3.63, 3.8) is 0 Å². The van der Waals surface area contributed by atoms with Crippen LogP contribution in [0.2, 0.25) is 0 Å². The van der Waals surface area contributed by atoms with Crippen molar-refractivity contribution < 1.29 is 20.1 Å². The zero-order valence-electron chi connectivity index (χ0n) is 8.27. The molecule has 5 N–H and O–H groups in total. The molecule has 0 aliphatic rings. The van der Waals surface area contributed by atoms with Crippen molar-refractivity contribution in [3.8, 4) is 0 Å². The minimum absolute atomic E-state index is 0.0132. The summed E-state index contributed by atoms with van der Waals surface area (Å²) in [4.78, 5) is 13.0. The second-order valence-corrected chi connectivity index (χ2v) is 3.22. The van der Waals surface area contributed by atoms with Crippen LogP contribution < -0.4 is 5.32 Å². The number of H-pyrrole nitrogens is 1. The van der Waals surface area contributed by atoms with Gasteiger partial charge in [-0.05, 0) is 13.1 Å². The number of aromatic nitrogens is 1. The summed E-state index contributed by atoms with van der Waals surface area (Å²) >= 11 is 0. The van der Waals surface area contributed by atoms with Gasteiger partial charge in [0.2, 0.25) is 0 Å². The molecule has 2 atom stereocenters. The van der Waals surface area contributed by atoms with Crippen LogP contribution in [0.4, 0.5) is 0 Å². The van der Waals surface area contributed by atoms with Crippen LogP contribution in [-0.2, 0) is 0 Å². The number of carboxylic acids is 1. The molecule has 0 bridgehead atoms. The van der Waals surface area contributed by atoms with E-state index >= 15 is 0 Å². The Balaban J connectivity index is 2.73. The molecular weight excluding hydrogens is 200 g/mol. The van der Waals surface area contributed by atoms with Crippen LogP contribution in [0.3, 0.4) is 0 Å². The lowest BCUT2D eigenvalue weighted by Gasteiger charge is -2.15. The molecular formula is C9H14N2O4. The third-order valence-electron chi connectivity index (χ3n) is 2.05. The highest BCUT2D eigenvalue weighted by atomic mass is 16.4. The van der Waals surface area contributed by atoms with Crippen molar-refractivity contribution >= 4 is 5.97 Å². The Morgan fingerprint density at radius 3 is 2.73 bits per heavy atom. The van der Waals surface area contributed by atoms with Gasteiger partial charge in [-0.3, -0.25) is 0 Å². The fraction of sp³-hybridized carbons (Fsp3) is 0.444. The number of hydrogen-bond acceptors (Lipinski definition) is 4. The Labute approximate surface area is 86.6 Å². The Morgan fingerprint density at radius 1 is 1.60 bits per heavy atom. The van der Waals surface area contributed by atoms with Gasteiger partial charge in [0.1, 0.15) is 11.8 Å². The molecule has 15 heavy (non-hydrogen) atoms. The van der Waals surface area contributed by atoms with Gasteiger partial charge in [0.05, 0.1) is 6.10 Å². The number of nitrogens with one attached hydrogen (secondary N) is 2. The normalized spacial score (nSPS) is 14.9. The summed E-state index contributed by atoms with van der Waals surface area (Å²) in [6.07, 6.45) is -0.693. The lowest BCUT2D eigenvalue weighted by atomic mass is 10.1. The minimum atomic E-state index is -1.10. The topological polar surface area (TPSA) is 106 Å². The number of aromatic carboxylic acids is 1. The second kappa shape index (κ2) is 4.92. The van der Waals surface area contributed by atoms with E-state index in [-0.39, 0.29) is 12.2 Å². The van der Waals surface area contributed by atoms with E-state index in [1.54, 1.807) is 7.05 Å². The summed E-state index contributed by atoms with van der Waals surface area (Å²) in [7, 11) is 1.65. The van der Waals surface area contributed by atoms with Crippen LogP contribution in [0.1, 0.15) is 22.2 Å². The number of likely N-dealkylation sites (N-methyl/N-ethyl adjacent to an activating group) is 1. The van der Waals surface area contributed by atoms with Gasteiger partial charge in [-0.25, -0.2) is 4.79 Å². The molecule has 1 rings (SSSR count). The predicted molar refractivity (Wildman–Crippen MR) is 52.6 cm³/mol. The van der Waals surface area contributed by atoms with E-state index in [9.17, 15) is 15.0 Å². The molecule has 1 heterocycles. The largest absolute Gasteiger partial charge is 0.477 e. The molecule has 0 spiro atoms. The third kappa shape index (κ3) is 2.79. The number of aromatic amines is 1. The van der Waals surface area contributed by atoms with E-state index in [0.29, 0.717) is 5.56 Å². The van der Waals surface area contributed by atoms with Gasteiger partial charge >= 0.3 is 5.97 Å². The molecule has 1 aromatic rings. The number of rotatable bonds is 5. The summed E-state index contributed by atoms with van der Waals surface area (Å²) in [5, 5.41) is 30.4. The van der Waals surface area contributed by atoms with Gasteiger partial charge in [-0.2, -0.15) is 0 Å². The maximum absolute atomic E-state index is 10.5. The van der Waals surface area contributed by atoms with Crippen LogP contribution in [0.5, 0.6) is 0 Å². The molecule has 0 aliphatic carbocycles. The number of hydrogen-bond donors (Lipinski definition) is 5. The third-order valence-corrected chi connectivity index (χ3v) is 2.05. The van der Waals surface area contributed by atoms with Crippen molar-refractivity contribution in [2.24, 2.45) is 0 Å². The van der Waals surface area contributed by atoms with Crippen LogP contribution in [-0.4, -0.2) is 46.0 Å². The fourth-order valence-corrected chi connectivity index (χ4v) is 1.25. The summed E-state index contributed by atoms with van der Waals surface area (Å²) in [5.74, 6) is -1.10. The van der Waals surface area contributed by atoms with E-state index in [0.717, 1.165) is 0 Å². The summed E-state index contributed by atoms with van der Waals surface area (Å²) in [6, 6.07) is 1.30. The van der Waals surface area contributed by atoms with Crippen LogP contribution in [0.15, 0.2) is 12.3 Å². The van der Waals surface area contributed by atoms with Gasteiger partial charge < -0.3 is 25.6 Å². The monoisotopic (exact) mass is 214 g/mol. The fourth-order valence-electron chi connectivity index (χ4n) is 1.25. The van der Waals surface area contributed by atoms with Crippen molar-refractivity contribution in [1.29, 1.82) is 0 Å². The van der Waals surface area contributed by atoms with Crippen LogP contribution in [0.25, 0.3) is 0 Å². The van der Waals surface area contributed by atoms with Crippen molar-refractivity contribution in [3.05, 3.63) is 23.5 Å².